The summed E-state index contributed by atoms with van der Waals surface area (Å²) in [7, 11) is 0. The van der Waals surface area contributed by atoms with Crippen LogP contribution in [-0.4, -0.2) is 31.1 Å². The minimum Gasteiger partial charge on any atom is -0.385 e. The lowest BCUT2D eigenvalue weighted by atomic mass is 10.3. The van der Waals surface area contributed by atoms with Crippen LogP contribution < -0.4 is 5.32 Å². The van der Waals surface area contributed by atoms with E-state index in [4.69, 9.17) is 11.6 Å². The Kier molecular flexibility index (Phi) is 5.14. The predicted molar refractivity (Wildman–Crippen MR) is 77.9 cm³/mol. The Labute approximate surface area is 116 Å². The average Bonchev–Trinajstić information content (AvgIpc) is 2.82. The first-order chi connectivity index (χ1) is 8.25. The standard InChI is InChI=1S/C13H18BrClN2/c14-12-10-11(4-5-13(12)15)16-6-3-9-17-7-1-2-8-17/h4-5,10,16H,1-3,6-9H2. The van der Waals surface area contributed by atoms with Crippen LogP contribution in [0.25, 0.3) is 0 Å². The summed E-state index contributed by atoms with van der Waals surface area (Å²) in [5, 5.41) is 4.18. The summed E-state index contributed by atoms with van der Waals surface area (Å²) in [4.78, 5) is 2.54. The lowest BCUT2D eigenvalue weighted by Gasteiger charge is -2.14. The van der Waals surface area contributed by atoms with Crippen LogP contribution in [0.2, 0.25) is 5.02 Å². The van der Waals surface area contributed by atoms with Gasteiger partial charge in [-0.15, -0.1) is 0 Å². The Morgan fingerprint density at radius 2 is 2.06 bits per heavy atom. The molecule has 1 saturated heterocycles. The van der Waals surface area contributed by atoms with E-state index in [-0.39, 0.29) is 0 Å². The third-order valence-electron chi connectivity index (χ3n) is 3.10. The van der Waals surface area contributed by atoms with Crippen molar-refractivity contribution >= 4 is 33.2 Å². The van der Waals surface area contributed by atoms with Crippen LogP contribution in [0.4, 0.5) is 5.69 Å². The zero-order valence-electron chi connectivity index (χ0n) is 9.88. The maximum Gasteiger partial charge on any atom is 0.0549 e. The summed E-state index contributed by atoms with van der Waals surface area (Å²) < 4.78 is 0.948. The number of anilines is 1. The van der Waals surface area contributed by atoms with Crippen LogP contribution in [0.1, 0.15) is 19.3 Å². The van der Waals surface area contributed by atoms with Crippen LogP contribution in [0.5, 0.6) is 0 Å². The number of likely N-dealkylation sites (tertiary alicyclic amines) is 1. The number of hydrogen-bond donors (Lipinski definition) is 1. The fourth-order valence-corrected chi connectivity index (χ4v) is 2.64. The number of benzene rings is 1. The highest BCUT2D eigenvalue weighted by Crippen LogP contribution is 2.25. The topological polar surface area (TPSA) is 15.3 Å². The zero-order valence-corrected chi connectivity index (χ0v) is 12.2. The SMILES string of the molecule is Clc1ccc(NCCCN2CCCC2)cc1Br. The van der Waals surface area contributed by atoms with E-state index in [1.807, 2.05) is 18.2 Å². The van der Waals surface area contributed by atoms with E-state index >= 15 is 0 Å². The number of nitrogens with zero attached hydrogens (tertiary/aromatic N) is 1. The monoisotopic (exact) mass is 316 g/mol. The van der Waals surface area contributed by atoms with Gasteiger partial charge in [0.05, 0.1) is 5.02 Å². The fraction of sp³-hybridized carbons (Fsp3) is 0.538. The molecule has 1 heterocycles. The molecule has 1 aliphatic rings. The molecular formula is C13H18BrClN2. The highest BCUT2D eigenvalue weighted by Gasteiger charge is 2.09. The Bertz CT molecular complexity index is 364. The van der Waals surface area contributed by atoms with Crippen molar-refractivity contribution in [2.45, 2.75) is 19.3 Å². The highest BCUT2D eigenvalue weighted by atomic mass is 79.9. The van der Waals surface area contributed by atoms with E-state index in [1.54, 1.807) is 0 Å². The van der Waals surface area contributed by atoms with E-state index in [0.717, 1.165) is 21.7 Å². The van der Waals surface area contributed by atoms with Crippen molar-refractivity contribution in [3.8, 4) is 0 Å². The number of nitrogens with one attached hydrogen (secondary N) is 1. The minimum absolute atomic E-state index is 0.757. The average molecular weight is 318 g/mol. The summed E-state index contributed by atoms with van der Waals surface area (Å²) in [6, 6.07) is 5.95. The summed E-state index contributed by atoms with van der Waals surface area (Å²) in [6.07, 6.45) is 3.94. The van der Waals surface area contributed by atoms with Crippen LogP contribution in [0, 0.1) is 0 Å². The van der Waals surface area contributed by atoms with Gasteiger partial charge in [0.15, 0.2) is 0 Å². The second kappa shape index (κ2) is 6.62. The highest BCUT2D eigenvalue weighted by molar-refractivity contribution is 9.10. The van der Waals surface area contributed by atoms with E-state index < -0.39 is 0 Å². The second-order valence-electron chi connectivity index (χ2n) is 4.46. The maximum absolute atomic E-state index is 5.95. The summed E-state index contributed by atoms with van der Waals surface area (Å²) in [6.45, 7) is 4.80. The molecule has 1 aromatic rings. The van der Waals surface area contributed by atoms with Crippen LogP contribution in [-0.2, 0) is 0 Å². The fourth-order valence-electron chi connectivity index (χ4n) is 2.15. The molecule has 0 saturated carbocycles. The van der Waals surface area contributed by atoms with Gasteiger partial charge in [-0.05, 0) is 73.0 Å². The third kappa shape index (κ3) is 4.16. The normalized spacial score (nSPS) is 16.4. The Hall–Kier alpha value is -0.250. The van der Waals surface area contributed by atoms with Gasteiger partial charge in [-0.25, -0.2) is 0 Å². The predicted octanol–water partition coefficient (Wildman–Crippen LogP) is 4.00. The van der Waals surface area contributed by atoms with Gasteiger partial charge in [0.1, 0.15) is 0 Å². The number of rotatable bonds is 5. The van der Waals surface area contributed by atoms with Gasteiger partial charge in [-0.1, -0.05) is 11.6 Å². The molecule has 0 amide bonds. The lowest BCUT2D eigenvalue weighted by Crippen LogP contribution is -2.22. The molecular weight excluding hydrogens is 300 g/mol. The van der Waals surface area contributed by atoms with Crippen molar-refractivity contribution in [2.75, 3.05) is 31.5 Å². The molecule has 1 fully saturated rings. The van der Waals surface area contributed by atoms with Gasteiger partial charge in [0.2, 0.25) is 0 Å². The molecule has 0 spiro atoms. The first-order valence-corrected chi connectivity index (χ1v) is 7.34. The van der Waals surface area contributed by atoms with Gasteiger partial charge in [-0.2, -0.15) is 0 Å². The van der Waals surface area contributed by atoms with Crippen LogP contribution >= 0.6 is 27.5 Å². The Morgan fingerprint density at radius 3 is 2.76 bits per heavy atom. The lowest BCUT2D eigenvalue weighted by molar-refractivity contribution is 0.337. The van der Waals surface area contributed by atoms with Crippen molar-refractivity contribution in [3.63, 3.8) is 0 Å². The second-order valence-corrected chi connectivity index (χ2v) is 5.72. The minimum atomic E-state index is 0.757. The summed E-state index contributed by atoms with van der Waals surface area (Å²) in [5.74, 6) is 0. The number of hydrogen-bond acceptors (Lipinski definition) is 2. The Balaban J connectivity index is 1.68. The molecule has 94 valence electrons. The zero-order chi connectivity index (χ0) is 12.1. The van der Waals surface area contributed by atoms with Crippen molar-refractivity contribution in [3.05, 3.63) is 27.7 Å². The third-order valence-corrected chi connectivity index (χ3v) is 4.31. The molecule has 2 rings (SSSR count). The first-order valence-electron chi connectivity index (χ1n) is 6.17. The van der Waals surface area contributed by atoms with Gasteiger partial charge in [0.25, 0.3) is 0 Å². The van der Waals surface area contributed by atoms with Crippen molar-refractivity contribution in [1.29, 1.82) is 0 Å². The molecule has 0 radical (unpaired) electrons. The van der Waals surface area contributed by atoms with Gasteiger partial charge in [-0.3, -0.25) is 0 Å². The molecule has 0 aromatic heterocycles. The molecule has 0 atom stereocenters. The molecule has 1 N–H and O–H groups in total. The van der Waals surface area contributed by atoms with Crippen molar-refractivity contribution in [2.24, 2.45) is 0 Å². The summed E-state index contributed by atoms with van der Waals surface area (Å²) >= 11 is 9.38. The van der Waals surface area contributed by atoms with Crippen molar-refractivity contribution in [1.82, 2.24) is 4.90 Å². The molecule has 4 heteroatoms. The maximum atomic E-state index is 5.95. The smallest absolute Gasteiger partial charge is 0.0549 e. The molecule has 2 nitrogen and oxygen atoms in total. The molecule has 1 aromatic carbocycles. The van der Waals surface area contributed by atoms with Crippen LogP contribution in [0.15, 0.2) is 22.7 Å². The summed E-state index contributed by atoms with van der Waals surface area (Å²) in [5.41, 5.74) is 1.13. The van der Waals surface area contributed by atoms with E-state index in [2.05, 4.69) is 26.1 Å². The molecule has 0 aliphatic carbocycles. The number of halogens is 2. The van der Waals surface area contributed by atoms with E-state index in [0.29, 0.717) is 0 Å². The van der Waals surface area contributed by atoms with E-state index in [1.165, 1.54) is 38.9 Å². The Morgan fingerprint density at radius 1 is 1.29 bits per heavy atom. The molecule has 0 bridgehead atoms. The quantitative estimate of drug-likeness (QED) is 0.826. The first kappa shape index (κ1) is 13.2. The molecule has 1 aliphatic heterocycles. The molecule has 17 heavy (non-hydrogen) atoms. The molecule has 0 unspecified atom stereocenters. The van der Waals surface area contributed by atoms with Gasteiger partial charge in [0, 0.05) is 16.7 Å². The largest absolute Gasteiger partial charge is 0.385 e. The van der Waals surface area contributed by atoms with Gasteiger partial charge < -0.3 is 10.2 Å². The van der Waals surface area contributed by atoms with Crippen LogP contribution in [0.3, 0.4) is 0 Å². The van der Waals surface area contributed by atoms with Crippen molar-refractivity contribution < 1.29 is 0 Å². The van der Waals surface area contributed by atoms with Gasteiger partial charge >= 0.3 is 0 Å². The van der Waals surface area contributed by atoms with E-state index in [9.17, 15) is 0 Å².